The first-order valence-electron chi connectivity index (χ1n) is 5.45. The van der Waals surface area contributed by atoms with Crippen LogP contribution in [0.2, 0.25) is 0 Å². The predicted octanol–water partition coefficient (Wildman–Crippen LogP) is 3.17. The van der Waals surface area contributed by atoms with Crippen LogP contribution in [0.25, 0.3) is 0 Å². The normalized spacial score (nSPS) is 19.8. The third kappa shape index (κ3) is 1.87. The van der Waals surface area contributed by atoms with Gasteiger partial charge in [-0.25, -0.2) is 0 Å². The Hall–Kier alpha value is -1.37. The number of fused-ring (bicyclic) bond motifs is 1. The van der Waals surface area contributed by atoms with Crippen LogP contribution in [-0.2, 0) is 11.2 Å². The van der Waals surface area contributed by atoms with Gasteiger partial charge in [0.15, 0.2) is 0 Å². The Kier molecular flexibility index (Phi) is 2.72. The molecule has 78 valence electrons. The van der Waals surface area contributed by atoms with Crippen LogP contribution in [0, 0.1) is 6.92 Å². The second-order valence-corrected chi connectivity index (χ2v) is 4.25. The van der Waals surface area contributed by atoms with Crippen LogP contribution in [0.5, 0.6) is 0 Å². The van der Waals surface area contributed by atoms with Crippen LogP contribution >= 0.6 is 0 Å². The number of aryl methyl sites for hydroxylation is 2. The molecule has 0 spiro atoms. The van der Waals surface area contributed by atoms with E-state index < -0.39 is 0 Å². The summed E-state index contributed by atoms with van der Waals surface area (Å²) in [6.45, 7) is 5.82. The molecular weight excluding hydrogens is 184 g/mol. The topological polar surface area (TPSA) is 17.1 Å². The molecule has 1 unspecified atom stereocenters. The van der Waals surface area contributed by atoms with Crippen LogP contribution in [0.3, 0.4) is 0 Å². The first kappa shape index (κ1) is 10.2. The second-order valence-electron chi connectivity index (χ2n) is 4.25. The minimum atomic E-state index is 0.0619. The average molecular weight is 200 g/mol. The number of Topliss-reactive ketones (excluding diaryl/α,β-unsaturated/α-hetero) is 1. The minimum Gasteiger partial charge on any atom is -0.299 e. The zero-order valence-corrected chi connectivity index (χ0v) is 9.12. The fourth-order valence-corrected chi connectivity index (χ4v) is 2.32. The van der Waals surface area contributed by atoms with Crippen molar-refractivity contribution in [1.29, 1.82) is 0 Å². The fourth-order valence-electron chi connectivity index (χ4n) is 2.32. The lowest BCUT2D eigenvalue weighted by molar-refractivity contribution is -0.120. The van der Waals surface area contributed by atoms with Gasteiger partial charge in [0.25, 0.3) is 0 Å². The summed E-state index contributed by atoms with van der Waals surface area (Å²) < 4.78 is 0. The summed E-state index contributed by atoms with van der Waals surface area (Å²) in [5.74, 6) is 0.429. The van der Waals surface area contributed by atoms with Crippen LogP contribution in [-0.4, -0.2) is 5.78 Å². The van der Waals surface area contributed by atoms with E-state index >= 15 is 0 Å². The van der Waals surface area contributed by atoms with E-state index in [0.717, 1.165) is 12.8 Å². The zero-order chi connectivity index (χ0) is 10.8. The fraction of sp³-hybridized carbons (Fsp3) is 0.357. The lowest BCUT2D eigenvalue weighted by atomic mass is 9.79. The van der Waals surface area contributed by atoms with Gasteiger partial charge in [-0.1, -0.05) is 29.8 Å². The van der Waals surface area contributed by atoms with Crippen molar-refractivity contribution in [2.45, 2.75) is 32.1 Å². The Labute approximate surface area is 90.8 Å². The number of hydrogen-bond donors (Lipinski definition) is 0. The van der Waals surface area contributed by atoms with E-state index in [0.29, 0.717) is 12.2 Å². The summed E-state index contributed by atoms with van der Waals surface area (Å²) >= 11 is 0. The molecule has 0 heterocycles. The molecule has 15 heavy (non-hydrogen) atoms. The van der Waals surface area contributed by atoms with Gasteiger partial charge in [0, 0.05) is 12.3 Å². The number of hydrogen-bond acceptors (Lipinski definition) is 1. The number of benzene rings is 1. The molecule has 0 aromatic heterocycles. The van der Waals surface area contributed by atoms with Gasteiger partial charge in [0.1, 0.15) is 5.78 Å². The van der Waals surface area contributed by atoms with Crippen LogP contribution in [0.1, 0.15) is 35.4 Å². The van der Waals surface area contributed by atoms with E-state index in [1.54, 1.807) is 0 Å². The van der Waals surface area contributed by atoms with Crippen molar-refractivity contribution in [3.8, 4) is 0 Å². The van der Waals surface area contributed by atoms with Crippen LogP contribution < -0.4 is 0 Å². The number of carbonyl (C=O) groups is 1. The quantitative estimate of drug-likeness (QED) is 0.670. The predicted molar refractivity (Wildman–Crippen MR) is 62.1 cm³/mol. The molecule has 1 aromatic carbocycles. The Morgan fingerprint density at radius 2 is 2.27 bits per heavy atom. The van der Waals surface area contributed by atoms with Crippen molar-refractivity contribution in [3.63, 3.8) is 0 Å². The SMILES string of the molecule is C=CCC1C(=O)CCc2cc(C)ccc21. The lowest BCUT2D eigenvalue weighted by Gasteiger charge is -2.23. The monoisotopic (exact) mass is 200 g/mol. The molecule has 1 aromatic rings. The first-order valence-corrected chi connectivity index (χ1v) is 5.45. The van der Waals surface area contributed by atoms with E-state index in [-0.39, 0.29) is 5.92 Å². The second kappa shape index (κ2) is 4.01. The summed E-state index contributed by atoms with van der Waals surface area (Å²) in [5.41, 5.74) is 3.85. The highest BCUT2D eigenvalue weighted by Crippen LogP contribution is 2.32. The van der Waals surface area contributed by atoms with Crippen LogP contribution in [0.15, 0.2) is 30.9 Å². The maximum absolute atomic E-state index is 11.8. The van der Waals surface area contributed by atoms with Gasteiger partial charge in [-0.2, -0.15) is 0 Å². The van der Waals surface area contributed by atoms with Gasteiger partial charge in [-0.05, 0) is 30.9 Å². The molecule has 0 saturated carbocycles. The molecule has 0 amide bonds. The van der Waals surface area contributed by atoms with Crippen molar-refractivity contribution in [2.75, 3.05) is 0 Å². The van der Waals surface area contributed by atoms with Crippen LogP contribution in [0.4, 0.5) is 0 Å². The van der Waals surface area contributed by atoms with E-state index in [1.807, 2.05) is 6.08 Å². The van der Waals surface area contributed by atoms with Crippen molar-refractivity contribution < 1.29 is 4.79 Å². The molecule has 0 bridgehead atoms. The van der Waals surface area contributed by atoms with E-state index in [9.17, 15) is 4.79 Å². The van der Waals surface area contributed by atoms with E-state index in [1.165, 1.54) is 16.7 Å². The van der Waals surface area contributed by atoms with Gasteiger partial charge in [0.2, 0.25) is 0 Å². The van der Waals surface area contributed by atoms with Gasteiger partial charge in [-0.15, -0.1) is 6.58 Å². The molecule has 1 aliphatic carbocycles. The van der Waals surface area contributed by atoms with E-state index in [4.69, 9.17) is 0 Å². The molecule has 1 heteroatoms. The molecule has 0 saturated heterocycles. The van der Waals surface area contributed by atoms with Crippen molar-refractivity contribution in [3.05, 3.63) is 47.5 Å². The van der Waals surface area contributed by atoms with Crippen molar-refractivity contribution in [2.24, 2.45) is 0 Å². The summed E-state index contributed by atoms with van der Waals surface area (Å²) in [6.07, 6.45) is 4.21. The summed E-state index contributed by atoms with van der Waals surface area (Å²) in [7, 11) is 0. The van der Waals surface area contributed by atoms with Gasteiger partial charge in [0.05, 0.1) is 0 Å². The Bertz CT molecular complexity index is 404. The zero-order valence-electron chi connectivity index (χ0n) is 9.12. The highest BCUT2D eigenvalue weighted by molar-refractivity contribution is 5.88. The molecule has 2 rings (SSSR count). The summed E-state index contributed by atoms with van der Waals surface area (Å²) in [4.78, 5) is 11.8. The van der Waals surface area contributed by atoms with Gasteiger partial charge in [-0.3, -0.25) is 4.79 Å². The number of ketones is 1. The Morgan fingerprint density at radius 1 is 1.47 bits per heavy atom. The third-order valence-electron chi connectivity index (χ3n) is 3.11. The largest absolute Gasteiger partial charge is 0.299 e. The average Bonchev–Trinajstić information content (AvgIpc) is 2.22. The summed E-state index contributed by atoms with van der Waals surface area (Å²) in [5, 5.41) is 0. The highest BCUT2D eigenvalue weighted by atomic mass is 16.1. The smallest absolute Gasteiger partial charge is 0.140 e. The third-order valence-corrected chi connectivity index (χ3v) is 3.11. The molecule has 1 nitrogen and oxygen atoms in total. The maximum Gasteiger partial charge on any atom is 0.140 e. The molecule has 0 aliphatic heterocycles. The first-order chi connectivity index (χ1) is 7.22. The van der Waals surface area contributed by atoms with Gasteiger partial charge >= 0.3 is 0 Å². The van der Waals surface area contributed by atoms with Gasteiger partial charge < -0.3 is 0 Å². The Morgan fingerprint density at radius 3 is 3.00 bits per heavy atom. The van der Waals surface area contributed by atoms with Crippen molar-refractivity contribution >= 4 is 5.78 Å². The number of allylic oxidation sites excluding steroid dienone is 1. The number of rotatable bonds is 2. The standard InChI is InChI=1S/C14H16O/c1-3-4-13-12-7-5-10(2)9-11(12)6-8-14(13)15/h3,5,7,9,13H,1,4,6,8H2,2H3. The molecule has 0 N–H and O–H groups in total. The summed E-state index contributed by atoms with van der Waals surface area (Å²) in [6, 6.07) is 6.40. The molecule has 1 atom stereocenters. The lowest BCUT2D eigenvalue weighted by Crippen LogP contribution is -2.20. The molecule has 1 aliphatic rings. The molecule has 0 fully saturated rings. The number of carbonyl (C=O) groups excluding carboxylic acids is 1. The molecule has 0 radical (unpaired) electrons. The minimum absolute atomic E-state index is 0.0619. The maximum atomic E-state index is 11.8. The van der Waals surface area contributed by atoms with Crippen molar-refractivity contribution in [1.82, 2.24) is 0 Å². The Balaban J connectivity index is 2.43. The molecular formula is C14H16O. The van der Waals surface area contributed by atoms with E-state index in [2.05, 4.69) is 31.7 Å². The highest BCUT2D eigenvalue weighted by Gasteiger charge is 2.25.